The van der Waals surface area contributed by atoms with Crippen LogP contribution in [0.15, 0.2) is 53.6 Å². The van der Waals surface area contributed by atoms with Gasteiger partial charge < -0.3 is 19.9 Å². The van der Waals surface area contributed by atoms with Crippen molar-refractivity contribution in [3.05, 3.63) is 59.7 Å². The van der Waals surface area contributed by atoms with Gasteiger partial charge >= 0.3 is 6.09 Å². The Kier molecular flexibility index (Phi) is 6.36. The second kappa shape index (κ2) is 9.48. The Labute approximate surface area is 212 Å². The maximum atomic E-state index is 13.1. The van der Waals surface area contributed by atoms with Gasteiger partial charge in [-0.1, -0.05) is 36.4 Å². The second-order valence-corrected chi connectivity index (χ2v) is 10.9. The van der Waals surface area contributed by atoms with Crippen LogP contribution in [0.3, 0.4) is 0 Å². The molecule has 36 heavy (non-hydrogen) atoms. The minimum atomic E-state index is -0.534. The lowest BCUT2D eigenvalue weighted by atomic mass is 9.83. The maximum Gasteiger partial charge on any atom is 0.410 e. The number of nitrogens with zero attached hydrogens (tertiary/aromatic N) is 3. The first-order chi connectivity index (χ1) is 17.2. The third-order valence-corrected chi connectivity index (χ3v) is 7.19. The van der Waals surface area contributed by atoms with Gasteiger partial charge in [-0.2, -0.15) is 5.10 Å². The number of rotatable bonds is 3. The predicted octanol–water partition coefficient (Wildman–Crippen LogP) is 4.48. The Hall–Kier alpha value is -3.55. The highest BCUT2D eigenvalue weighted by Gasteiger charge is 2.37. The number of piperidine rings is 1. The number of nitrogens with one attached hydrogen (secondary N) is 2. The van der Waals surface area contributed by atoms with Gasteiger partial charge in [0.2, 0.25) is 0 Å². The largest absolute Gasteiger partial charge is 0.444 e. The predicted molar refractivity (Wildman–Crippen MR) is 141 cm³/mol. The summed E-state index contributed by atoms with van der Waals surface area (Å²) in [4.78, 5) is 29.4. The van der Waals surface area contributed by atoms with Crippen molar-refractivity contribution in [3.8, 4) is 0 Å². The number of anilines is 2. The van der Waals surface area contributed by atoms with E-state index >= 15 is 0 Å². The Bertz CT molecular complexity index is 1170. The molecule has 0 aromatic heterocycles. The first kappa shape index (κ1) is 24.2. The van der Waals surface area contributed by atoms with Crippen LogP contribution in [0.4, 0.5) is 16.2 Å². The molecule has 0 bridgehead atoms. The summed E-state index contributed by atoms with van der Waals surface area (Å²) in [6, 6.07) is 16.5. The van der Waals surface area contributed by atoms with E-state index in [1.54, 1.807) is 0 Å². The third-order valence-electron chi connectivity index (χ3n) is 7.19. The number of hydrogen-bond donors (Lipinski definition) is 2. The van der Waals surface area contributed by atoms with E-state index in [2.05, 4.69) is 46.2 Å². The summed E-state index contributed by atoms with van der Waals surface area (Å²) < 4.78 is 5.76. The lowest BCUT2D eigenvalue weighted by molar-refractivity contribution is -0.122. The molecule has 0 radical (unpaired) electrons. The molecule has 3 aliphatic rings. The highest BCUT2D eigenvalue weighted by atomic mass is 16.6. The van der Waals surface area contributed by atoms with Gasteiger partial charge in [0.15, 0.2) is 0 Å². The van der Waals surface area contributed by atoms with Gasteiger partial charge in [0.1, 0.15) is 17.5 Å². The summed E-state index contributed by atoms with van der Waals surface area (Å²) in [5, 5.41) is 7.68. The minimum Gasteiger partial charge on any atom is -0.444 e. The molecule has 1 fully saturated rings. The molecule has 0 aliphatic carbocycles. The molecule has 190 valence electrons. The normalized spacial score (nSPS) is 23.6. The molecule has 8 heteroatoms. The first-order valence-electron chi connectivity index (χ1n) is 12.8. The summed E-state index contributed by atoms with van der Waals surface area (Å²) in [6.45, 7) is 8.84. The fourth-order valence-electron chi connectivity index (χ4n) is 5.40. The Morgan fingerprint density at radius 2 is 1.94 bits per heavy atom. The molecule has 2 aromatic rings. The molecule has 2 N–H and O–H groups in total. The van der Waals surface area contributed by atoms with Gasteiger partial charge in [0, 0.05) is 12.6 Å². The number of hydrazone groups is 1. The van der Waals surface area contributed by atoms with Crippen LogP contribution in [0.25, 0.3) is 0 Å². The van der Waals surface area contributed by atoms with E-state index in [1.165, 1.54) is 11.1 Å². The fraction of sp³-hybridized carbons (Fsp3) is 0.464. The van der Waals surface area contributed by atoms with E-state index in [-0.39, 0.29) is 24.1 Å². The molecule has 1 saturated heterocycles. The van der Waals surface area contributed by atoms with E-state index in [9.17, 15) is 9.59 Å². The molecular formula is C28H35N5O3. The smallest absolute Gasteiger partial charge is 0.410 e. The van der Waals surface area contributed by atoms with Crippen molar-refractivity contribution in [2.75, 3.05) is 23.3 Å². The number of amides is 2. The van der Waals surface area contributed by atoms with Crippen LogP contribution in [0, 0.1) is 0 Å². The number of benzene rings is 2. The number of hydrogen-bond acceptors (Lipinski definition) is 6. The maximum absolute atomic E-state index is 13.1. The fourth-order valence-corrected chi connectivity index (χ4v) is 5.40. The van der Waals surface area contributed by atoms with Crippen LogP contribution in [0.1, 0.15) is 57.6 Å². The second-order valence-electron chi connectivity index (χ2n) is 10.9. The van der Waals surface area contributed by atoms with Gasteiger partial charge in [0.05, 0.1) is 17.9 Å². The average molecular weight is 490 g/mol. The van der Waals surface area contributed by atoms with E-state index in [1.807, 2.05) is 55.7 Å². The molecule has 5 rings (SSSR count). The monoisotopic (exact) mass is 489 g/mol. The topological polar surface area (TPSA) is 86.3 Å². The molecule has 2 amide bonds. The highest BCUT2D eigenvalue weighted by molar-refractivity contribution is 6.12. The zero-order valence-corrected chi connectivity index (χ0v) is 21.5. The summed E-state index contributed by atoms with van der Waals surface area (Å²) in [6.07, 6.45) is 2.24. The summed E-state index contributed by atoms with van der Waals surface area (Å²) in [7, 11) is 0. The minimum absolute atomic E-state index is 0.0342. The Morgan fingerprint density at radius 1 is 1.17 bits per heavy atom. The number of likely N-dealkylation sites (tertiary alicyclic amines) is 1. The number of fused-ring (bicyclic) bond motifs is 3. The number of carbonyl (C=O) groups is 2. The molecular weight excluding hydrogens is 454 g/mol. The molecule has 8 nitrogen and oxygen atoms in total. The van der Waals surface area contributed by atoms with E-state index in [4.69, 9.17) is 4.74 Å². The third kappa shape index (κ3) is 4.90. The quantitative estimate of drug-likeness (QED) is 0.664. The van der Waals surface area contributed by atoms with Crippen LogP contribution < -0.4 is 15.6 Å². The van der Waals surface area contributed by atoms with Crippen LogP contribution in [0.5, 0.6) is 0 Å². The van der Waals surface area contributed by atoms with Gasteiger partial charge in [-0.3, -0.25) is 4.79 Å². The van der Waals surface area contributed by atoms with Gasteiger partial charge in [-0.05, 0) is 76.1 Å². The van der Waals surface area contributed by atoms with Gasteiger partial charge in [0.25, 0.3) is 5.91 Å². The van der Waals surface area contributed by atoms with Crippen molar-refractivity contribution in [2.45, 2.75) is 70.6 Å². The summed E-state index contributed by atoms with van der Waals surface area (Å²) in [5.74, 6) is 0.998. The number of amidine groups is 1. The van der Waals surface area contributed by atoms with Gasteiger partial charge in [-0.25, -0.2) is 10.2 Å². The van der Waals surface area contributed by atoms with Crippen molar-refractivity contribution in [2.24, 2.45) is 5.10 Å². The molecule has 2 aromatic carbocycles. The van der Waals surface area contributed by atoms with Crippen molar-refractivity contribution in [1.29, 1.82) is 0 Å². The van der Waals surface area contributed by atoms with Crippen molar-refractivity contribution in [1.82, 2.24) is 10.3 Å². The van der Waals surface area contributed by atoms with Crippen molar-refractivity contribution < 1.29 is 14.3 Å². The van der Waals surface area contributed by atoms with Crippen LogP contribution >= 0.6 is 0 Å². The molecule has 0 saturated carbocycles. The molecule has 3 unspecified atom stereocenters. The average Bonchev–Trinajstić information content (AvgIpc) is 2.85. The summed E-state index contributed by atoms with van der Waals surface area (Å²) in [5.41, 5.74) is 6.50. The lowest BCUT2D eigenvalue weighted by Gasteiger charge is -2.41. The first-order valence-corrected chi connectivity index (χ1v) is 12.8. The van der Waals surface area contributed by atoms with Gasteiger partial charge in [-0.15, -0.1) is 0 Å². The molecule has 3 aliphatic heterocycles. The van der Waals surface area contributed by atoms with E-state index < -0.39 is 5.60 Å². The van der Waals surface area contributed by atoms with Crippen molar-refractivity contribution >= 4 is 29.2 Å². The van der Waals surface area contributed by atoms with Crippen LogP contribution in [-0.2, 0) is 16.0 Å². The van der Waals surface area contributed by atoms with Crippen molar-refractivity contribution in [3.63, 3.8) is 0 Å². The molecule has 0 spiro atoms. The lowest BCUT2D eigenvalue weighted by Crippen LogP contribution is -2.55. The SMILES string of the molecule is CC1C(=O)NN=C2CNc3ccc(C4CCN(C(=O)OC(C)(C)C)C(Cc5ccccc5)C4)cc3N21. The molecule has 3 heterocycles. The number of carbonyl (C=O) groups excluding carboxylic acids is 2. The Morgan fingerprint density at radius 3 is 2.69 bits per heavy atom. The highest BCUT2D eigenvalue weighted by Crippen LogP contribution is 2.39. The Balaban J connectivity index is 1.42. The van der Waals surface area contributed by atoms with E-state index in [0.29, 0.717) is 19.0 Å². The zero-order valence-electron chi connectivity index (χ0n) is 21.5. The van der Waals surface area contributed by atoms with E-state index in [0.717, 1.165) is 36.5 Å². The standard InChI is InChI=1S/C28H35N5O3/c1-18-26(34)31-30-25-17-29-23-11-10-20(16-24(23)33(18)25)21-12-13-32(27(35)36-28(2,3)4)22(15-21)14-19-8-6-5-7-9-19/h5-11,16,18,21-22,29H,12-15,17H2,1-4H3,(H,31,34). The number of ether oxygens (including phenoxy) is 1. The molecule has 3 atom stereocenters. The van der Waals surface area contributed by atoms with Crippen LogP contribution in [-0.4, -0.2) is 53.5 Å². The summed E-state index contributed by atoms with van der Waals surface area (Å²) >= 11 is 0. The zero-order chi connectivity index (χ0) is 25.4. The van der Waals surface area contributed by atoms with Crippen LogP contribution in [0.2, 0.25) is 0 Å².